The minimum Gasteiger partial charge on any atom is -0.367 e. The number of aromatic nitrogens is 4. The Morgan fingerprint density at radius 3 is 2.46 bits per heavy atom. The van der Waals surface area contributed by atoms with E-state index in [1.807, 2.05) is 24.3 Å². The lowest BCUT2D eigenvalue weighted by Crippen LogP contribution is -2.38. The third-order valence-corrected chi connectivity index (χ3v) is 4.60. The fourth-order valence-corrected chi connectivity index (χ4v) is 3.20. The lowest BCUT2D eigenvalue weighted by molar-refractivity contribution is -0.0373. The van der Waals surface area contributed by atoms with Crippen LogP contribution < -0.4 is 0 Å². The van der Waals surface area contributed by atoms with E-state index in [2.05, 4.69) is 56.7 Å². The fourth-order valence-electron chi connectivity index (χ4n) is 3.20. The Bertz CT molecular complexity index is 805. The molecule has 0 unspecified atom stereocenters. The van der Waals surface area contributed by atoms with Gasteiger partial charge in [0.05, 0.1) is 13.2 Å². The first-order chi connectivity index (χ1) is 12.9. The molecule has 0 amide bonds. The van der Waals surface area contributed by atoms with Gasteiger partial charge in [0.15, 0.2) is 0 Å². The van der Waals surface area contributed by atoms with Crippen molar-refractivity contribution in [3.8, 4) is 0 Å². The molecule has 0 N–H and O–H groups in total. The number of aryl methyl sites for hydroxylation is 2. The molecule has 1 saturated heterocycles. The number of benzene rings is 2. The molecule has 1 fully saturated rings. The average molecular weight is 349 g/mol. The van der Waals surface area contributed by atoms with Crippen LogP contribution in [0.15, 0.2) is 60.7 Å². The molecule has 26 heavy (non-hydrogen) atoms. The van der Waals surface area contributed by atoms with E-state index in [0.717, 1.165) is 32.6 Å². The van der Waals surface area contributed by atoms with Crippen LogP contribution in [0.3, 0.4) is 0 Å². The molecule has 1 aliphatic rings. The van der Waals surface area contributed by atoms with Crippen LogP contribution in [0.1, 0.15) is 23.1 Å². The predicted molar refractivity (Wildman–Crippen MR) is 98.4 cm³/mol. The van der Waals surface area contributed by atoms with Gasteiger partial charge in [-0.2, -0.15) is 4.80 Å². The number of ether oxygens (including phenoxy) is 1. The lowest BCUT2D eigenvalue weighted by atomic mass is 10.2. The van der Waals surface area contributed by atoms with E-state index in [1.165, 1.54) is 11.1 Å². The van der Waals surface area contributed by atoms with E-state index in [0.29, 0.717) is 12.4 Å². The summed E-state index contributed by atoms with van der Waals surface area (Å²) in [5, 5.41) is 12.9. The number of rotatable bonds is 6. The summed E-state index contributed by atoms with van der Waals surface area (Å²) in [7, 11) is 0. The van der Waals surface area contributed by atoms with Crippen molar-refractivity contribution in [2.24, 2.45) is 0 Å². The molecule has 0 aliphatic carbocycles. The summed E-state index contributed by atoms with van der Waals surface area (Å²) < 4.78 is 5.89. The highest BCUT2D eigenvalue weighted by Gasteiger charge is 2.25. The Morgan fingerprint density at radius 2 is 1.69 bits per heavy atom. The number of hydrogen-bond donors (Lipinski definition) is 0. The van der Waals surface area contributed by atoms with Gasteiger partial charge >= 0.3 is 0 Å². The van der Waals surface area contributed by atoms with Crippen LogP contribution in [0.2, 0.25) is 0 Å². The SMILES string of the molecule is c1ccc(CCn2nnc([C@H]3CN(Cc4ccccc4)CCO3)n2)cc1. The van der Waals surface area contributed by atoms with E-state index >= 15 is 0 Å². The maximum absolute atomic E-state index is 5.89. The highest BCUT2D eigenvalue weighted by Crippen LogP contribution is 2.20. The monoisotopic (exact) mass is 349 g/mol. The smallest absolute Gasteiger partial charge is 0.204 e. The van der Waals surface area contributed by atoms with E-state index in [-0.39, 0.29) is 6.10 Å². The third kappa shape index (κ3) is 4.33. The predicted octanol–water partition coefficient (Wildman–Crippen LogP) is 2.49. The van der Waals surface area contributed by atoms with Crippen molar-refractivity contribution in [3.63, 3.8) is 0 Å². The molecule has 0 saturated carbocycles. The second-order valence-electron chi connectivity index (χ2n) is 6.56. The number of tetrazole rings is 1. The zero-order valence-corrected chi connectivity index (χ0v) is 14.7. The molecule has 6 heteroatoms. The van der Waals surface area contributed by atoms with Crippen LogP contribution in [0, 0.1) is 0 Å². The van der Waals surface area contributed by atoms with Crippen molar-refractivity contribution in [2.45, 2.75) is 25.6 Å². The quantitative estimate of drug-likeness (QED) is 0.684. The molecule has 1 aliphatic heterocycles. The molecule has 2 heterocycles. The Hall–Kier alpha value is -2.57. The summed E-state index contributed by atoms with van der Waals surface area (Å²) in [5.41, 5.74) is 2.59. The summed E-state index contributed by atoms with van der Waals surface area (Å²) >= 11 is 0. The molecular formula is C20H23N5O. The van der Waals surface area contributed by atoms with E-state index < -0.39 is 0 Å². The van der Waals surface area contributed by atoms with E-state index in [4.69, 9.17) is 4.74 Å². The van der Waals surface area contributed by atoms with Crippen LogP contribution >= 0.6 is 0 Å². The van der Waals surface area contributed by atoms with Crippen molar-refractivity contribution >= 4 is 0 Å². The molecule has 4 rings (SSSR count). The van der Waals surface area contributed by atoms with Gasteiger partial charge in [-0.1, -0.05) is 60.7 Å². The van der Waals surface area contributed by atoms with Crippen LogP contribution in [0.25, 0.3) is 0 Å². The normalized spacial score (nSPS) is 18.1. The van der Waals surface area contributed by atoms with Gasteiger partial charge in [0, 0.05) is 19.6 Å². The first-order valence-corrected chi connectivity index (χ1v) is 9.06. The van der Waals surface area contributed by atoms with Gasteiger partial charge in [0.1, 0.15) is 6.10 Å². The maximum atomic E-state index is 5.89. The Kier molecular flexibility index (Phi) is 5.33. The van der Waals surface area contributed by atoms with Crippen molar-refractivity contribution < 1.29 is 4.74 Å². The van der Waals surface area contributed by atoms with Crippen LogP contribution in [-0.4, -0.2) is 44.8 Å². The minimum absolute atomic E-state index is 0.113. The third-order valence-electron chi connectivity index (χ3n) is 4.60. The highest BCUT2D eigenvalue weighted by molar-refractivity contribution is 5.15. The fraction of sp³-hybridized carbons (Fsp3) is 0.350. The van der Waals surface area contributed by atoms with Gasteiger partial charge in [-0.25, -0.2) is 0 Å². The van der Waals surface area contributed by atoms with E-state index in [1.54, 1.807) is 4.80 Å². The van der Waals surface area contributed by atoms with Gasteiger partial charge in [-0.3, -0.25) is 4.90 Å². The van der Waals surface area contributed by atoms with Gasteiger partial charge < -0.3 is 4.74 Å². The van der Waals surface area contributed by atoms with Crippen molar-refractivity contribution in [1.29, 1.82) is 0 Å². The lowest BCUT2D eigenvalue weighted by Gasteiger charge is -2.31. The second-order valence-corrected chi connectivity index (χ2v) is 6.56. The topological polar surface area (TPSA) is 56.1 Å². The van der Waals surface area contributed by atoms with Crippen LogP contribution in [0.5, 0.6) is 0 Å². The molecule has 1 aromatic heterocycles. The molecular weight excluding hydrogens is 326 g/mol. The molecule has 2 aromatic carbocycles. The van der Waals surface area contributed by atoms with Gasteiger partial charge in [-0.15, -0.1) is 10.2 Å². The summed E-state index contributed by atoms with van der Waals surface area (Å²) in [6, 6.07) is 20.9. The van der Waals surface area contributed by atoms with Crippen molar-refractivity contribution in [3.05, 3.63) is 77.6 Å². The zero-order chi connectivity index (χ0) is 17.6. The first-order valence-electron chi connectivity index (χ1n) is 9.06. The minimum atomic E-state index is -0.113. The first kappa shape index (κ1) is 16.9. The number of morpholine rings is 1. The molecule has 3 aromatic rings. The van der Waals surface area contributed by atoms with Gasteiger partial charge in [0.2, 0.25) is 5.82 Å². The van der Waals surface area contributed by atoms with Gasteiger partial charge in [0.25, 0.3) is 0 Å². The molecule has 6 nitrogen and oxygen atoms in total. The van der Waals surface area contributed by atoms with Crippen molar-refractivity contribution in [2.75, 3.05) is 19.7 Å². The van der Waals surface area contributed by atoms with Crippen LogP contribution in [0.4, 0.5) is 0 Å². The highest BCUT2D eigenvalue weighted by atomic mass is 16.5. The molecule has 134 valence electrons. The number of hydrogen-bond acceptors (Lipinski definition) is 5. The standard InChI is InChI=1S/C20H23N5O/c1-3-7-17(8-4-1)11-12-25-22-20(21-23-25)19-16-24(13-14-26-19)15-18-9-5-2-6-10-18/h1-10,19H,11-16H2/t19-/m1/s1. The Balaban J connectivity index is 1.34. The second kappa shape index (κ2) is 8.21. The molecule has 0 radical (unpaired) electrons. The maximum Gasteiger partial charge on any atom is 0.204 e. The molecule has 0 bridgehead atoms. The summed E-state index contributed by atoms with van der Waals surface area (Å²) in [6.07, 6.45) is 0.778. The van der Waals surface area contributed by atoms with E-state index in [9.17, 15) is 0 Å². The largest absolute Gasteiger partial charge is 0.367 e. The van der Waals surface area contributed by atoms with Crippen molar-refractivity contribution in [1.82, 2.24) is 25.1 Å². The molecule has 1 atom stereocenters. The zero-order valence-electron chi connectivity index (χ0n) is 14.7. The average Bonchev–Trinajstić information content (AvgIpc) is 3.17. The van der Waals surface area contributed by atoms with Gasteiger partial charge in [-0.05, 0) is 22.8 Å². The number of nitrogens with zero attached hydrogens (tertiary/aromatic N) is 5. The van der Waals surface area contributed by atoms with Crippen LogP contribution in [-0.2, 0) is 24.2 Å². The summed E-state index contributed by atoms with van der Waals surface area (Å²) in [6.45, 7) is 4.04. The summed E-state index contributed by atoms with van der Waals surface area (Å²) in [4.78, 5) is 4.05. The summed E-state index contributed by atoms with van der Waals surface area (Å²) in [5.74, 6) is 0.677. The Morgan fingerprint density at radius 1 is 0.962 bits per heavy atom. The Labute approximate surface area is 153 Å². The molecule has 0 spiro atoms.